The van der Waals surface area contributed by atoms with Gasteiger partial charge >= 0.3 is 5.97 Å². The third kappa shape index (κ3) is 4.30. The quantitative estimate of drug-likeness (QED) is 0.855. The lowest BCUT2D eigenvalue weighted by Gasteiger charge is -2.35. The van der Waals surface area contributed by atoms with Crippen LogP contribution >= 0.6 is 0 Å². The minimum absolute atomic E-state index is 0.0463. The summed E-state index contributed by atoms with van der Waals surface area (Å²) >= 11 is 0. The molecule has 0 aromatic heterocycles. The molecule has 1 N–H and O–H groups in total. The van der Waals surface area contributed by atoms with E-state index in [9.17, 15) is 18.4 Å². The molecule has 0 heterocycles. The fourth-order valence-corrected chi connectivity index (χ4v) is 3.02. The Morgan fingerprint density at radius 1 is 1.25 bits per heavy atom. The molecule has 6 heteroatoms. The molecular weight excluding hydrogens is 316 g/mol. The van der Waals surface area contributed by atoms with Crippen molar-refractivity contribution in [2.24, 2.45) is 11.8 Å². The molecule has 1 amide bonds. The van der Waals surface area contributed by atoms with Gasteiger partial charge < -0.3 is 10.1 Å². The van der Waals surface area contributed by atoms with Gasteiger partial charge in [-0.1, -0.05) is 26.7 Å². The van der Waals surface area contributed by atoms with E-state index >= 15 is 0 Å². The van der Waals surface area contributed by atoms with Gasteiger partial charge in [0.25, 0.3) is 5.91 Å². The molecule has 0 bridgehead atoms. The summed E-state index contributed by atoms with van der Waals surface area (Å²) in [4.78, 5) is 24.2. The highest BCUT2D eigenvalue weighted by Crippen LogP contribution is 2.29. The Bertz CT molecular complexity index is 620. The van der Waals surface area contributed by atoms with E-state index in [1.807, 2.05) is 0 Å². The van der Waals surface area contributed by atoms with Crippen LogP contribution < -0.4 is 5.32 Å². The summed E-state index contributed by atoms with van der Waals surface area (Å²) in [6, 6.07) is 2.62. The maximum absolute atomic E-state index is 13.6. The van der Waals surface area contributed by atoms with E-state index in [1.165, 1.54) is 6.92 Å². The van der Waals surface area contributed by atoms with Gasteiger partial charge in [-0.05, 0) is 37.3 Å². The molecule has 0 radical (unpaired) electrons. The van der Waals surface area contributed by atoms with Gasteiger partial charge in [0.1, 0.15) is 11.6 Å². The lowest BCUT2D eigenvalue weighted by atomic mass is 9.78. The molecule has 2 rings (SSSR count). The average Bonchev–Trinajstić information content (AvgIpc) is 2.51. The van der Waals surface area contributed by atoms with E-state index < -0.39 is 35.2 Å². The van der Waals surface area contributed by atoms with Crippen LogP contribution in [0, 0.1) is 23.5 Å². The molecule has 1 aromatic rings. The average molecular weight is 339 g/mol. The standard InChI is InChI=1S/C18H23F2NO3/c1-10-5-4-6-16(11(10)2)21-17(22)12(3)24-18(23)14-8-7-13(19)9-15(14)20/h7-12,16H,4-6H2,1-3H3,(H,21,22)/t10-,11-,12-,16+/m1/s1. The number of hydrogen-bond donors (Lipinski definition) is 1. The van der Waals surface area contributed by atoms with Crippen molar-refractivity contribution in [2.75, 3.05) is 0 Å². The van der Waals surface area contributed by atoms with Crippen molar-refractivity contribution in [1.82, 2.24) is 5.32 Å². The molecule has 0 saturated heterocycles. The number of carbonyl (C=O) groups is 2. The molecule has 132 valence electrons. The van der Waals surface area contributed by atoms with Gasteiger partial charge in [0.15, 0.2) is 6.10 Å². The molecule has 0 unspecified atom stereocenters. The van der Waals surface area contributed by atoms with Gasteiger partial charge in [-0.15, -0.1) is 0 Å². The summed E-state index contributed by atoms with van der Waals surface area (Å²) in [6.45, 7) is 5.69. The first-order valence-corrected chi connectivity index (χ1v) is 8.26. The van der Waals surface area contributed by atoms with Crippen molar-refractivity contribution < 1.29 is 23.1 Å². The fourth-order valence-electron chi connectivity index (χ4n) is 3.02. The van der Waals surface area contributed by atoms with Crippen molar-refractivity contribution in [1.29, 1.82) is 0 Å². The van der Waals surface area contributed by atoms with Gasteiger partial charge in [0.2, 0.25) is 0 Å². The Labute approximate surface area is 140 Å². The Morgan fingerprint density at radius 2 is 1.96 bits per heavy atom. The van der Waals surface area contributed by atoms with Crippen LogP contribution in [0.5, 0.6) is 0 Å². The van der Waals surface area contributed by atoms with E-state index in [1.54, 1.807) is 0 Å². The summed E-state index contributed by atoms with van der Waals surface area (Å²) in [5.74, 6) is -2.31. The van der Waals surface area contributed by atoms with Crippen LogP contribution in [0.1, 0.15) is 50.4 Å². The number of esters is 1. The Balaban J connectivity index is 1.94. The number of amides is 1. The summed E-state index contributed by atoms with van der Waals surface area (Å²) in [6.07, 6.45) is 2.03. The van der Waals surface area contributed by atoms with Crippen molar-refractivity contribution in [3.63, 3.8) is 0 Å². The molecule has 4 nitrogen and oxygen atoms in total. The number of ether oxygens (including phenoxy) is 1. The van der Waals surface area contributed by atoms with E-state index in [-0.39, 0.29) is 6.04 Å². The van der Waals surface area contributed by atoms with Crippen LogP contribution in [0.25, 0.3) is 0 Å². The number of halogens is 2. The molecule has 1 saturated carbocycles. The zero-order valence-electron chi connectivity index (χ0n) is 14.1. The topological polar surface area (TPSA) is 55.4 Å². The monoisotopic (exact) mass is 339 g/mol. The third-order valence-electron chi connectivity index (χ3n) is 4.84. The minimum Gasteiger partial charge on any atom is -0.449 e. The van der Waals surface area contributed by atoms with Crippen LogP contribution in [0.15, 0.2) is 18.2 Å². The third-order valence-corrected chi connectivity index (χ3v) is 4.84. The van der Waals surface area contributed by atoms with Crippen molar-refractivity contribution in [2.45, 2.75) is 52.2 Å². The highest BCUT2D eigenvalue weighted by molar-refractivity contribution is 5.92. The van der Waals surface area contributed by atoms with Gasteiger partial charge in [-0.25, -0.2) is 13.6 Å². The highest BCUT2D eigenvalue weighted by Gasteiger charge is 2.30. The zero-order chi connectivity index (χ0) is 17.9. The first-order chi connectivity index (χ1) is 11.3. The molecule has 0 aliphatic heterocycles. The molecule has 1 fully saturated rings. The van der Waals surface area contributed by atoms with E-state index in [2.05, 4.69) is 19.2 Å². The van der Waals surface area contributed by atoms with Gasteiger partial charge in [0.05, 0.1) is 5.56 Å². The Hall–Kier alpha value is -1.98. The maximum Gasteiger partial charge on any atom is 0.341 e. The lowest BCUT2D eigenvalue weighted by Crippen LogP contribution is -2.47. The number of carbonyl (C=O) groups excluding carboxylic acids is 2. The van der Waals surface area contributed by atoms with E-state index in [0.29, 0.717) is 17.9 Å². The van der Waals surface area contributed by atoms with E-state index in [4.69, 9.17) is 4.74 Å². The van der Waals surface area contributed by atoms with Crippen LogP contribution in [-0.2, 0) is 9.53 Å². The largest absolute Gasteiger partial charge is 0.449 e. The Kier molecular flexibility index (Phi) is 5.91. The normalized spacial score (nSPS) is 25.0. The number of rotatable bonds is 4. The summed E-state index contributed by atoms with van der Waals surface area (Å²) < 4.78 is 31.5. The van der Waals surface area contributed by atoms with Crippen molar-refractivity contribution in [3.05, 3.63) is 35.4 Å². The van der Waals surface area contributed by atoms with Crippen LogP contribution in [0.4, 0.5) is 8.78 Å². The van der Waals surface area contributed by atoms with Gasteiger partial charge in [-0.3, -0.25) is 4.79 Å². The van der Waals surface area contributed by atoms with Gasteiger partial charge in [0, 0.05) is 12.1 Å². The molecule has 1 aliphatic carbocycles. The van der Waals surface area contributed by atoms with Crippen molar-refractivity contribution in [3.8, 4) is 0 Å². The lowest BCUT2D eigenvalue weighted by molar-refractivity contribution is -0.130. The predicted molar refractivity (Wildman–Crippen MR) is 85.3 cm³/mol. The highest BCUT2D eigenvalue weighted by atomic mass is 19.1. The number of benzene rings is 1. The van der Waals surface area contributed by atoms with E-state index in [0.717, 1.165) is 31.4 Å². The second kappa shape index (κ2) is 7.73. The molecule has 4 atom stereocenters. The second-order valence-corrected chi connectivity index (χ2v) is 6.55. The van der Waals surface area contributed by atoms with Crippen LogP contribution in [0.3, 0.4) is 0 Å². The van der Waals surface area contributed by atoms with Crippen LogP contribution in [0.2, 0.25) is 0 Å². The summed E-state index contributed by atoms with van der Waals surface area (Å²) in [7, 11) is 0. The zero-order valence-corrected chi connectivity index (χ0v) is 14.1. The number of hydrogen-bond acceptors (Lipinski definition) is 3. The number of nitrogens with one attached hydrogen (secondary N) is 1. The Morgan fingerprint density at radius 3 is 2.62 bits per heavy atom. The van der Waals surface area contributed by atoms with Gasteiger partial charge in [-0.2, -0.15) is 0 Å². The molecule has 0 spiro atoms. The molecular formula is C18H23F2NO3. The summed E-state index contributed by atoms with van der Waals surface area (Å²) in [5.41, 5.74) is -0.393. The second-order valence-electron chi connectivity index (χ2n) is 6.55. The summed E-state index contributed by atoms with van der Waals surface area (Å²) in [5, 5.41) is 2.91. The minimum atomic E-state index is -1.05. The molecule has 1 aromatic carbocycles. The molecule has 24 heavy (non-hydrogen) atoms. The fraction of sp³-hybridized carbons (Fsp3) is 0.556. The first kappa shape index (κ1) is 18.4. The SMILES string of the molecule is C[C@@H]1[C@H](C)CCC[C@@H]1NC(=O)[C@@H](C)OC(=O)c1ccc(F)cc1F. The van der Waals surface area contributed by atoms with Crippen LogP contribution in [-0.4, -0.2) is 24.0 Å². The maximum atomic E-state index is 13.6. The predicted octanol–water partition coefficient (Wildman–Crippen LogP) is 3.45. The smallest absolute Gasteiger partial charge is 0.341 e. The molecule has 1 aliphatic rings. The van der Waals surface area contributed by atoms with Crippen molar-refractivity contribution >= 4 is 11.9 Å². The first-order valence-electron chi connectivity index (χ1n) is 8.26.